The molecule has 120 valence electrons. The van der Waals surface area contributed by atoms with Gasteiger partial charge >= 0.3 is 0 Å². The topological polar surface area (TPSA) is 58.6 Å². The summed E-state index contributed by atoms with van der Waals surface area (Å²) in [5.74, 6) is 0.845. The van der Waals surface area contributed by atoms with Gasteiger partial charge in [-0.25, -0.2) is 0 Å². The minimum atomic E-state index is 0.0209. The third kappa shape index (κ3) is 3.21. The van der Waals surface area contributed by atoms with Gasteiger partial charge in [0.25, 0.3) is 5.91 Å². The summed E-state index contributed by atoms with van der Waals surface area (Å²) >= 11 is 0. The number of piperidine rings is 1. The van der Waals surface area contributed by atoms with E-state index >= 15 is 0 Å². The summed E-state index contributed by atoms with van der Waals surface area (Å²) in [4.78, 5) is 16.8. The Kier molecular flexibility index (Phi) is 4.87. The van der Waals surface area contributed by atoms with Crippen molar-refractivity contribution in [2.45, 2.75) is 38.6 Å². The maximum absolute atomic E-state index is 12.6. The molecule has 0 N–H and O–H groups in total. The Morgan fingerprint density at radius 3 is 2.73 bits per heavy atom. The highest BCUT2D eigenvalue weighted by atomic mass is 16.5. The van der Waals surface area contributed by atoms with E-state index in [0.29, 0.717) is 24.9 Å². The number of likely N-dealkylation sites (tertiary alicyclic amines) is 1. The van der Waals surface area contributed by atoms with Crippen LogP contribution in [0.5, 0.6) is 0 Å². The molecular formula is C16H24N4O2. The SMILES string of the molecule is CCC1CCCCN1C(=O)c1ccc(N2CCOCC2)nn1. The van der Waals surface area contributed by atoms with Gasteiger partial charge in [0.05, 0.1) is 13.2 Å². The van der Waals surface area contributed by atoms with Gasteiger partial charge in [-0.05, 0) is 37.8 Å². The van der Waals surface area contributed by atoms with E-state index in [2.05, 4.69) is 22.0 Å². The molecule has 2 aliphatic heterocycles. The van der Waals surface area contributed by atoms with Crippen molar-refractivity contribution in [1.29, 1.82) is 0 Å². The number of aromatic nitrogens is 2. The summed E-state index contributed by atoms with van der Waals surface area (Å²) in [6, 6.07) is 4.06. The molecule has 3 rings (SSSR count). The number of carbonyl (C=O) groups excluding carboxylic acids is 1. The van der Waals surface area contributed by atoms with E-state index in [0.717, 1.165) is 44.7 Å². The molecule has 0 saturated carbocycles. The average Bonchev–Trinajstić information content (AvgIpc) is 2.62. The van der Waals surface area contributed by atoms with Gasteiger partial charge in [0, 0.05) is 25.7 Å². The highest BCUT2D eigenvalue weighted by Gasteiger charge is 2.27. The fourth-order valence-electron chi connectivity index (χ4n) is 3.24. The lowest BCUT2D eigenvalue weighted by Gasteiger charge is -2.35. The Morgan fingerprint density at radius 1 is 1.23 bits per heavy atom. The second-order valence-corrected chi connectivity index (χ2v) is 5.93. The van der Waals surface area contributed by atoms with Crippen LogP contribution in [0.2, 0.25) is 0 Å². The molecule has 22 heavy (non-hydrogen) atoms. The maximum Gasteiger partial charge on any atom is 0.274 e. The van der Waals surface area contributed by atoms with E-state index < -0.39 is 0 Å². The van der Waals surface area contributed by atoms with E-state index in [4.69, 9.17) is 4.74 Å². The van der Waals surface area contributed by atoms with Crippen LogP contribution in [0.1, 0.15) is 43.1 Å². The normalized spacial score (nSPS) is 22.7. The Hall–Kier alpha value is -1.69. The molecule has 0 spiro atoms. The van der Waals surface area contributed by atoms with Crippen molar-refractivity contribution in [1.82, 2.24) is 15.1 Å². The molecule has 0 aliphatic carbocycles. The number of amides is 1. The number of ether oxygens (including phenoxy) is 1. The Morgan fingerprint density at radius 2 is 2.05 bits per heavy atom. The van der Waals surface area contributed by atoms with Crippen molar-refractivity contribution < 1.29 is 9.53 Å². The smallest absolute Gasteiger partial charge is 0.274 e. The second-order valence-electron chi connectivity index (χ2n) is 5.93. The fourth-order valence-corrected chi connectivity index (χ4v) is 3.24. The molecule has 2 saturated heterocycles. The monoisotopic (exact) mass is 304 g/mol. The van der Waals surface area contributed by atoms with Crippen LogP contribution in [-0.2, 0) is 4.74 Å². The van der Waals surface area contributed by atoms with Crippen molar-refractivity contribution in [2.75, 3.05) is 37.7 Å². The molecule has 1 amide bonds. The molecule has 6 nitrogen and oxygen atoms in total. The predicted molar refractivity (Wildman–Crippen MR) is 84.0 cm³/mol. The number of anilines is 1. The number of rotatable bonds is 3. The molecule has 1 aromatic heterocycles. The lowest BCUT2D eigenvalue weighted by molar-refractivity contribution is 0.0600. The highest BCUT2D eigenvalue weighted by Crippen LogP contribution is 2.21. The highest BCUT2D eigenvalue weighted by molar-refractivity contribution is 5.92. The molecule has 1 atom stereocenters. The standard InChI is InChI=1S/C16H24N4O2/c1-2-13-5-3-4-8-20(13)16(21)14-6-7-15(18-17-14)19-9-11-22-12-10-19/h6-7,13H,2-5,8-12H2,1H3. The first kappa shape index (κ1) is 15.2. The molecule has 0 radical (unpaired) electrons. The minimum Gasteiger partial charge on any atom is -0.378 e. The van der Waals surface area contributed by atoms with E-state index in [9.17, 15) is 4.79 Å². The summed E-state index contributed by atoms with van der Waals surface area (Å²) in [7, 11) is 0. The summed E-state index contributed by atoms with van der Waals surface area (Å²) < 4.78 is 5.34. The Bertz CT molecular complexity index is 499. The molecule has 2 aliphatic rings. The Labute approximate surface area is 131 Å². The van der Waals surface area contributed by atoms with Crippen molar-refractivity contribution in [3.8, 4) is 0 Å². The van der Waals surface area contributed by atoms with Crippen LogP contribution in [0.15, 0.2) is 12.1 Å². The summed E-state index contributed by atoms with van der Waals surface area (Å²) in [5, 5.41) is 8.42. The van der Waals surface area contributed by atoms with Gasteiger partial charge in [-0.15, -0.1) is 10.2 Å². The van der Waals surface area contributed by atoms with Crippen LogP contribution < -0.4 is 4.90 Å². The minimum absolute atomic E-state index is 0.0209. The maximum atomic E-state index is 12.6. The number of hydrogen-bond acceptors (Lipinski definition) is 5. The molecule has 6 heteroatoms. The van der Waals surface area contributed by atoms with Crippen LogP contribution in [0.3, 0.4) is 0 Å². The van der Waals surface area contributed by atoms with E-state index in [1.807, 2.05) is 11.0 Å². The summed E-state index contributed by atoms with van der Waals surface area (Å²) in [6.07, 6.45) is 4.40. The number of carbonyl (C=O) groups is 1. The van der Waals surface area contributed by atoms with Crippen molar-refractivity contribution in [3.63, 3.8) is 0 Å². The first-order chi connectivity index (χ1) is 10.8. The first-order valence-corrected chi connectivity index (χ1v) is 8.27. The molecule has 1 unspecified atom stereocenters. The van der Waals surface area contributed by atoms with Gasteiger partial charge in [0.15, 0.2) is 11.5 Å². The van der Waals surface area contributed by atoms with Crippen LogP contribution in [0.25, 0.3) is 0 Å². The third-order valence-corrected chi connectivity index (χ3v) is 4.56. The molecule has 3 heterocycles. The van der Waals surface area contributed by atoms with Crippen LogP contribution >= 0.6 is 0 Å². The zero-order valence-corrected chi connectivity index (χ0v) is 13.2. The predicted octanol–water partition coefficient (Wildman–Crippen LogP) is 1.72. The zero-order chi connectivity index (χ0) is 15.4. The number of morpholine rings is 1. The Balaban J connectivity index is 1.70. The van der Waals surface area contributed by atoms with Crippen LogP contribution in [-0.4, -0.2) is 59.9 Å². The summed E-state index contributed by atoms with van der Waals surface area (Å²) in [5.41, 5.74) is 0.456. The fraction of sp³-hybridized carbons (Fsp3) is 0.688. The van der Waals surface area contributed by atoms with E-state index in [-0.39, 0.29) is 5.91 Å². The van der Waals surface area contributed by atoms with Crippen molar-refractivity contribution in [3.05, 3.63) is 17.8 Å². The van der Waals surface area contributed by atoms with Crippen molar-refractivity contribution >= 4 is 11.7 Å². The molecule has 0 bridgehead atoms. The van der Waals surface area contributed by atoms with Gasteiger partial charge in [-0.1, -0.05) is 6.92 Å². The van der Waals surface area contributed by atoms with Gasteiger partial charge < -0.3 is 14.5 Å². The van der Waals surface area contributed by atoms with E-state index in [1.165, 1.54) is 6.42 Å². The average molecular weight is 304 g/mol. The van der Waals surface area contributed by atoms with Gasteiger partial charge in [-0.2, -0.15) is 0 Å². The summed E-state index contributed by atoms with van der Waals surface area (Å²) in [6.45, 7) is 6.06. The lowest BCUT2D eigenvalue weighted by Crippen LogP contribution is -2.43. The first-order valence-electron chi connectivity index (χ1n) is 8.27. The van der Waals surface area contributed by atoms with Crippen LogP contribution in [0, 0.1) is 0 Å². The zero-order valence-electron chi connectivity index (χ0n) is 13.2. The molecule has 1 aromatic rings. The molecule has 2 fully saturated rings. The van der Waals surface area contributed by atoms with Gasteiger partial charge in [0.2, 0.25) is 0 Å². The van der Waals surface area contributed by atoms with Crippen molar-refractivity contribution in [2.24, 2.45) is 0 Å². The van der Waals surface area contributed by atoms with E-state index in [1.54, 1.807) is 6.07 Å². The number of nitrogens with zero attached hydrogens (tertiary/aromatic N) is 4. The molecule has 0 aromatic carbocycles. The van der Waals surface area contributed by atoms with Gasteiger partial charge in [-0.3, -0.25) is 4.79 Å². The number of hydrogen-bond donors (Lipinski definition) is 0. The lowest BCUT2D eigenvalue weighted by atomic mass is 9.99. The third-order valence-electron chi connectivity index (χ3n) is 4.56. The quantitative estimate of drug-likeness (QED) is 0.851. The molecular weight excluding hydrogens is 280 g/mol. The largest absolute Gasteiger partial charge is 0.378 e. The van der Waals surface area contributed by atoms with Crippen LogP contribution in [0.4, 0.5) is 5.82 Å². The van der Waals surface area contributed by atoms with Gasteiger partial charge in [0.1, 0.15) is 0 Å². The second kappa shape index (κ2) is 7.05.